The quantitative estimate of drug-likeness (QED) is 0.751. The van der Waals surface area contributed by atoms with Gasteiger partial charge in [0.25, 0.3) is 6.01 Å². The standard InChI is InChI=1S/C17H22N2O4/c1-4-21-16(20)15-11-23-17(19-15)18-9-13-6-5-7-14(8-13)22-10-12(2)3/h5-8,11-12H,4,9-10H2,1-3H3,(H,18,19). The van der Waals surface area contributed by atoms with E-state index in [9.17, 15) is 4.79 Å². The van der Waals surface area contributed by atoms with Crippen molar-refractivity contribution in [2.24, 2.45) is 5.92 Å². The van der Waals surface area contributed by atoms with Crippen molar-refractivity contribution >= 4 is 12.0 Å². The summed E-state index contributed by atoms with van der Waals surface area (Å²) in [6.07, 6.45) is 1.28. The number of nitrogens with one attached hydrogen (secondary N) is 1. The van der Waals surface area contributed by atoms with Crippen molar-refractivity contribution in [2.45, 2.75) is 27.3 Å². The molecule has 0 bridgehead atoms. The molecule has 2 aromatic rings. The molecule has 2 rings (SSSR count). The number of anilines is 1. The second-order valence-electron chi connectivity index (χ2n) is 5.46. The fourth-order valence-electron chi connectivity index (χ4n) is 1.84. The predicted molar refractivity (Wildman–Crippen MR) is 86.6 cm³/mol. The van der Waals surface area contributed by atoms with E-state index in [1.54, 1.807) is 6.92 Å². The highest BCUT2D eigenvalue weighted by Gasteiger charge is 2.12. The van der Waals surface area contributed by atoms with Crippen molar-refractivity contribution in [2.75, 3.05) is 18.5 Å². The summed E-state index contributed by atoms with van der Waals surface area (Å²) in [4.78, 5) is 15.6. The number of esters is 1. The molecule has 0 aliphatic rings. The molecular formula is C17H22N2O4. The Labute approximate surface area is 135 Å². The molecule has 6 nitrogen and oxygen atoms in total. The van der Waals surface area contributed by atoms with Crippen LogP contribution in [-0.2, 0) is 11.3 Å². The highest BCUT2D eigenvalue weighted by atomic mass is 16.5. The average Bonchev–Trinajstić information content (AvgIpc) is 3.01. The van der Waals surface area contributed by atoms with E-state index < -0.39 is 5.97 Å². The first-order valence-electron chi connectivity index (χ1n) is 7.66. The molecule has 0 fully saturated rings. The van der Waals surface area contributed by atoms with Crippen LogP contribution in [0.15, 0.2) is 34.9 Å². The minimum Gasteiger partial charge on any atom is -0.493 e. The molecule has 0 unspecified atom stereocenters. The van der Waals surface area contributed by atoms with Gasteiger partial charge in [-0.15, -0.1) is 0 Å². The number of benzene rings is 1. The van der Waals surface area contributed by atoms with Crippen LogP contribution in [0.25, 0.3) is 0 Å². The summed E-state index contributed by atoms with van der Waals surface area (Å²) in [5.41, 5.74) is 1.19. The Kier molecular flexibility index (Phi) is 6.02. The van der Waals surface area contributed by atoms with E-state index in [0.717, 1.165) is 11.3 Å². The third-order valence-corrected chi connectivity index (χ3v) is 2.91. The van der Waals surface area contributed by atoms with Crippen molar-refractivity contribution in [3.63, 3.8) is 0 Å². The number of hydrogen-bond donors (Lipinski definition) is 1. The van der Waals surface area contributed by atoms with Crippen LogP contribution in [0.5, 0.6) is 5.75 Å². The lowest BCUT2D eigenvalue weighted by Crippen LogP contribution is -2.06. The van der Waals surface area contributed by atoms with E-state index in [-0.39, 0.29) is 11.7 Å². The number of nitrogens with zero attached hydrogens (tertiary/aromatic N) is 1. The van der Waals surface area contributed by atoms with Crippen LogP contribution in [-0.4, -0.2) is 24.2 Å². The van der Waals surface area contributed by atoms with Gasteiger partial charge in [0.15, 0.2) is 5.69 Å². The van der Waals surface area contributed by atoms with Gasteiger partial charge in [-0.3, -0.25) is 0 Å². The highest BCUT2D eigenvalue weighted by Crippen LogP contribution is 2.16. The summed E-state index contributed by atoms with van der Waals surface area (Å²) < 4.78 is 15.8. The molecule has 0 aliphatic carbocycles. The fraction of sp³-hybridized carbons (Fsp3) is 0.412. The van der Waals surface area contributed by atoms with Gasteiger partial charge in [0, 0.05) is 6.54 Å². The fourth-order valence-corrected chi connectivity index (χ4v) is 1.84. The third-order valence-electron chi connectivity index (χ3n) is 2.91. The lowest BCUT2D eigenvalue weighted by Gasteiger charge is -2.10. The van der Waals surface area contributed by atoms with Crippen LogP contribution in [0.3, 0.4) is 0 Å². The van der Waals surface area contributed by atoms with E-state index in [4.69, 9.17) is 13.9 Å². The maximum atomic E-state index is 11.5. The molecular weight excluding hydrogens is 296 g/mol. The van der Waals surface area contributed by atoms with Crippen molar-refractivity contribution in [3.8, 4) is 5.75 Å². The van der Waals surface area contributed by atoms with Crippen molar-refractivity contribution < 1.29 is 18.7 Å². The van der Waals surface area contributed by atoms with Gasteiger partial charge >= 0.3 is 5.97 Å². The summed E-state index contributed by atoms with van der Waals surface area (Å²) >= 11 is 0. The molecule has 124 valence electrons. The molecule has 1 heterocycles. The van der Waals surface area contributed by atoms with Crippen LogP contribution in [0.2, 0.25) is 0 Å². The lowest BCUT2D eigenvalue weighted by atomic mass is 10.2. The molecule has 0 aliphatic heterocycles. The zero-order chi connectivity index (χ0) is 16.7. The highest BCUT2D eigenvalue weighted by molar-refractivity contribution is 5.87. The van der Waals surface area contributed by atoms with E-state index in [1.165, 1.54) is 6.26 Å². The summed E-state index contributed by atoms with van der Waals surface area (Å²) in [5.74, 6) is 0.816. The topological polar surface area (TPSA) is 73.6 Å². The maximum absolute atomic E-state index is 11.5. The molecule has 6 heteroatoms. The minimum absolute atomic E-state index is 0.156. The Morgan fingerprint density at radius 3 is 2.96 bits per heavy atom. The molecule has 23 heavy (non-hydrogen) atoms. The first-order chi connectivity index (χ1) is 11.1. The molecule has 0 radical (unpaired) electrons. The average molecular weight is 318 g/mol. The van der Waals surface area contributed by atoms with E-state index >= 15 is 0 Å². The Morgan fingerprint density at radius 2 is 2.22 bits per heavy atom. The first kappa shape index (κ1) is 16.9. The number of aromatic nitrogens is 1. The zero-order valence-electron chi connectivity index (χ0n) is 13.7. The number of ether oxygens (including phenoxy) is 2. The van der Waals surface area contributed by atoms with Gasteiger partial charge in [-0.05, 0) is 30.5 Å². The van der Waals surface area contributed by atoms with Crippen LogP contribution in [0.1, 0.15) is 36.8 Å². The number of carbonyl (C=O) groups is 1. The molecule has 0 saturated heterocycles. The summed E-state index contributed by atoms with van der Waals surface area (Å²) in [6, 6.07) is 8.08. The normalized spacial score (nSPS) is 10.6. The van der Waals surface area contributed by atoms with Gasteiger partial charge in [-0.2, -0.15) is 4.98 Å². The largest absolute Gasteiger partial charge is 0.493 e. The maximum Gasteiger partial charge on any atom is 0.360 e. The smallest absolute Gasteiger partial charge is 0.360 e. The third kappa shape index (κ3) is 5.32. The van der Waals surface area contributed by atoms with Gasteiger partial charge in [-0.1, -0.05) is 26.0 Å². The Morgan fingerprint density at radius 1 is 1.39 bits per heavy atom. The second kappa shape index (κ2) is 8.22. The second-order valence-corrected chi connectivity index (χ2v) is 5.46. The first-order valence-corrected chi connectivity index (χ1v) is 7.66. The van der Waals surface area contributed by atoms with Crippen molar-refractivity contribution in [1.82, 2.24) is 4.98 Å². The Bertz CT molecular complexity index is 637. The van der Waals surface area contributed by atoms with Crippen LogP contribution < -0.4 is 10.1 Å². The monoisotopic (exact) mass is 318 g/mol. The van der Waals surface area contributed by atoms with E-state index in [1.807, 2.05) is 24.3 Å². The van der Waals surface area contributed by atoms with Crippen molar-refractivity contribution in [3.05, 3.63) is 41.8 Å². The number of hydrogen-bond acceptors (Lipinski definition) is 6. The minimum atomic E-state index is -0.492. The molecule has 1 N–H and O–H groups in total. The zero-order valence-corrected chi connectivity index (χ0v) is 13.7. The summed E-state index contributed by atoms with van der Waals surface area (Å²) in [5, 5.41) is 3.03. The van der Waals surface area contributed by atoms with Crippen LogP contribution >= 0.6 is 0 Å². The Balaban J connectivity index is 1.90. The number of oxazole rings is 1. The molecule has 0 spiro atoms. The summed E-state index contributed by atoms with van der Waals surface area (Å²) in [6.45, 7) is 7.45. The van der Waals surface area contributed by atoms with Crippen LogP contribution in [0, 0.1) is 5.92 Å². The number of rotatable bonds is 8. The van der Waals surface area contributed by atoms with Gasteiger partial charge in [0.2, 0.25) is 0 Å². The molecule has 1 aromatic heterocycles. The van der Waals surface area contributed by atoms with Crippen molar-refractivity contribution in [1.29, 1.82) is 0 Å². The predicted octanol–water partition coefficient (Wildman–Crippen LogP) is 3.50. The molecule has 0 amide bonds. The lowest BCUT2D eigenvalue weighted by molar-refractivity contribution is 0.0519. The van der Waals surface area contributed by atoms with E-state index in [0.29, 0.717) is 25.7 Å². The Hall–Kier alpha value is -2.50. The number of carbonyl (C=O) groups excluding carboxylic acids is 1. The van der Waals surface area contributed by atoms with Gasteiger partial charge in [0.1, 0.15) is 12.0 Å². The van der Waals surface area contributed by atoms with E-state index in [2.05, 4.69) is 24.1 Å². The summed E-state index contributed by atoms with van der Waals surface area (Å²) in [7, 11) is 0. The SMILES string of the molecule is CCOC(=O)c1coc(NCc2cccc(OCC(C)C)c2)n1. The molecule has 0 saturated carbocycles. The molecule has 0 atom stereocenters. The van der Waals surface area contributed by atoms with Gasteiger partial charge < -0.3 is 19.2 Å². The molecule has 1 aromatic carbocycles. The van der Waals surface area contributed by atoms with Gasteiger partial charge in [0.05, 0.1) is 13.2 Å². The van der Waals surface area contributed by atoms with Crippen LogP contribution in [0.4, 0.5) is 6.01 Å². The van der Waals surface area contributed by atoms with Gasteiger partial charge in [-0.25, -0.2) is 4.79 Å².